The zero-order valence-electron chi connectivity index (χ0n) is 12.5. The topological polar surface area (TPSA) is 61.4 Å². The molecule has 108 valence electrons. The molecule has 1 amide bonds. The van der Waals surface area contributed by atoms with E-state index in [1.54, 1.807) is 0 Å². The summed E-state index contributed by atoms with van der Waals surface area (Å²) in [6, 6.07) is -0.0584. The highest BCUT2D eigenvalue weighted by Gasteiger charge is 2.24. The maximum atomic E-state index is 11.9. The first-order valence-corrected chi connectivity index (χ1v) is 7.14. The van der Waals surface area contributed by atoms with E-state index in [9.17, 15) is 9.90 Å². The Morgan fingerprint density at radius 2 is 1.78 bits per heavy atom. The van der Waals surface area contributed by atoms with Crippen molar-refractivity contribution in [3.63, 3.8) is 0 Å². The van der Waals surface area contributed by atoms with Gasteiger partial charge in [0.05, 0.1) is 11.6 Å². The second-order valence-corrected chi connectivity index (χ2v) is 5.23. The summed E-state index contributed by atoms with van der Waals surface area (Å²) in [6.07, 6.45) is 3.44. The number of rotatable bonds is 9. The van der Waals surface area contributed by atoms with Crippen molar-refractivity contribution in [3.8, 4) is 0 Å². The molecule has 0 aliphatic heterocycles. The van der Waals surface area contributed by atoms with Crippen LogP contribution in [0, 0.1) is 0 Å². The van der Waals surface area contributed by atoms with Crippen LogP contribution < -0.4 is 10.6 Å². The predicted octanol–water partition coefficient (Wildman–Crippen LogP) is 1.82. The first-order valence-electron chi connectivity index (χ1n) is 7.14. The van der Waals surface area contributed by atoms with E-state index < -0.39 is 5.60 Å². The lowest BCUT2D eigenvalue weighted by Crippen LogP contribution is -2.50. The van der Waals surface area contributed by atoms with Gasteiger partial charge in [0.25, 0.3) is 0 Å². The molecule has 0 spiro atoms. The summed E-state index contributed by atoms with van der Waals surface area (Å²) < 4.78 is 0. The van der Waals surface area contributed by atoms with Gasteiger partial charge in [-0.3, -0.25) is 4.79 Å². The van der Waals surface area contributed by atoms with Crippen LogP contribution in [0.2, 0.25) is 0 Å². The van der Waals surface area contributed by atoms with E-state index in [1.165, 1.54) is 0 Å². The van der Waals surface area contributed by atoms with Gasteiger partial charge in [0.1, 0.15) is 0 Å². The molecule has 0 aromatic heterocycles. The third-order valence-corrected chi connectivity index (χ3v) is 3.56. The molecule has 18 heavy (non-hydrogen) atoms. The number of hydrogen-bond acceptors (Lipinski definition) is 3. The van der Waals surface area contributed by atoms with E-state index in [0.29, 0.717) is 19.4 Å². The van der Waals surface area contributed by atoms with Gasteiger partial charge in [-0.2, -0.15) is 0 Å². The Kier molecular flexibility index (Phi) is 8.20. The minimum Gasteiger partial charge on any atom is -0.389 e. The van der Waals surface area contributed by atoms with Gasteiger partial charge in [-0.15, -0.1) is 0 Å². The average molecular weight is 258 g/mol. The van der Waals surface area contributed by atoms with Crippen LogP contribution in [0.4, 0.5) is 0 Å². The SMILES string of the molecule is CCCC(C)NC(=O)C(C)NCC(O)(CC)CC. The Hall–Kier alpha value is -0.610. The van der Waals surface area contributed by atoms with E-state index in [1.807, 2.05) is 27.7 Å². The molecule has 0 aromatic rings. The van der Waals surface area contributed by atoms with Crippen LogP contribution >= 0.6 is 0 Å². The molecule has 4 nitrogen and oxygen atoms in total. The van der Waals surface area contributed by atoms with Crippen LogP contribution in [0.15, 0.2) is 0 Å². The molecule has 0 heterocycles. The van der Waals surface area contributed by atoms with Crippen molar-refractivity contribution in [2.75, 3.05) is 6.54 Å². The Labute approximate surface area is 112 Å². The highest BCUT2D eigenvalue weighted by molar-refractivity contribution is 5.81. The van der Waals surface area contributed by atoms with Crippen molar-refractivity contribution in [1.29, 1.82) is 0 Å². The Balaban J connectivity index is 4.08. The Bertz CT molecular complexity index is 240. The van der Waals surface area contributed by atoms with Crippen LogP contribution in [0.3, 0.4) is 0 Å². The normalized spacial score (nSPS) is 15.2. The number of amides is 1. The quantitative estimate of drug-likeness (QED) is 0.591. The molecule has 2 unspecified atom stereocenters. The number of nitrogens with one attached hydrogen (secondary N) is 2. The summed E-state index contributed by atoms with van der Waals surface area (Å²) in [4.78, 5) is 11.9. The van der Waals surface area contributed by atoms with Crippen LogP contribution in [-0.2, 0) is 4.79 Å². The fourth-order valence-corrected chi connectivity index (χ4v) is 1.81. The zero-order chi connectivity index (χ0) is 14.2. The van der Waals surface area contributed by atoms with E-state index in [0.717, 1.165) is 12.8 Å². The molecule has 0 aromatic carbocycles. The summed E-state index contributed by atoms with van der Waals surface area (Å²) in [5, 5.41) is 16.2. The van der Waals surface area contributed by atoms with Crippen LogP contribution in [0.1, 0.15) is 60.3 Å². The lowest BCUT2D eigenvalue weighted by molar-refractivity contribution is -0.123. The fraction of sp³-hybridized carbons (Fsp3) is 0.929. The minimum absolute atomic E-state index is 0.00510. The van der Waals surface area contributed by atoms with Gasteiger partial charge in [-0.05, 0) is 33.1 Å². The fourth-order valence-electron chi connectivity index (χ4n) is 1.81. The second kappa shape index (κ2) is 8.48. The highest BCUT2D eigenvalue weighted by Crippen LogP contribution is 2.13. The highest BCUT2D eigenvalue weighted by atomic mass is 16.3. The van der Waals surface area contributed by atoms with E-state index in [4.69, 9.17) is 0 Å². The van der Waals surface area contributed by atoms with E-state index in [2.05, 4.69) is 17.6 Å². The van der Waals surface area contributed by atoms with Crippen molar-refractivity contribution in [2.24, 2.45) is 0 Å². The standard InChI is InChI=1S/C14H30N2O2/c1-6-9-11(4)16-13(17)12(5)15-10-14(18,7-2)8-3/h11-12,15,18H,6-10H2,1-5H3,(H,16,17). The number of aliphatic hydroxyl groups is 1. The monoisotopic (exact) mass is 258 g/mol. The second-order valence-electron chi connectivity index (χ2n) is 5.23. The maximum Gasteiger partial charge on any atom is 0.237 e. The third kappa shape index (κ3) is 6.36. The summed E-state index contributed by atoms with van der Waals surface area (Å²) in [6.45, 7) is 10.3. The van der Waals surface area contributed by atoms with Crippen molar-refractivity contribution in [2.45, 2.75) is 78.0 Å². The number of hydrogen-bond donors (Lipinski definition) is 3. The molecule has 0 rings (SSSR count). The molecule has 0 saturated carbocycles. The molecule has 2 atom stereocenters. The van der Waals surface area contributed by atoms with Gasteiger partial charge in [0, 0.05) is 12.6 Å². The summed E-state index contributed by atoms with van der Waals surface area (Å²) >= 11 is 0. The molecular formula is C14H30N2O2. The Morgan fingerprint density at radius 3 is 2.22 bits per heavy atom. The number of carbonyl (C=O) groups is 1. The molecule has 0 saturated heterocycles. The van der Waals surface area contributed by atoms with E-state index >= 15 is 0 Å². The molecule has 0 fully saturated rings. The molecule has 3 N–H and O–H groups in total. The Morgan fingerprint density at radius 1 is 1.22 bits per heavy atom. The predicted molar refractivity (Wildman–Crippen MR) is 75.5 cm³/mol. The lowest BCUT2D eigenvalue weighted by Gasteiger charge is -2.27. The molecule has 0 radical (unpaired) electrons. The smallest absolute Gasteiger partial charge is 0.237 e. The zero-order valence-corrected chi connectivity index (χ0v) is 12.5. The van der Waals surface area contributed by atoms with Crippen LogP contribution in [0.25, 0.3) is 0 Å². The van der Waals surface area contributed by atoms with Crippen LogP contribution in [0.5, 0.6) is 0 Å². The lowest BCUT2D eigenvalue weighted by atomic mass is 9.97. The third-order valence-electron chi connectivity index (χ3n) is 3.56. The molecule has 0 bridgehead atoms. The van der Waals surface area contributed by atoms with Crippen molar-refractivity contribution >= 4 is 5.91 Å². The van der Waals surface area contributed by atoms with Crippen molar-refractivity contribution < 1.29 is 9.90 Å². The molecule has 4 heteroatoms. The van der Waals surface area contributed by atoms with Gasteiger partial charge >= 0.3 is 0 Å². The molecule has 0 aliphatic carbocycles. The van der Waals surface area contributed by atoms with E-state index in [-0.39, 0.29) is 18.0 Å². The largest absolute Gasteiger partial charge is 0.389 e. The van der Waals surface area contributed by atoms with Gasteiger partial charge in [-0.1, -0.05) is 27.2 Å². The van der Waals surface area contributed by atoms with Crippen LogP contribution in [-0.4, -0.2) is 35.2 Å². The summed E-state index contributed by atoms with van der Waals surface area (Å²) in [5.74, 6) is 0.00510. The van der Waals surface area contributed by atoms with Gasteiger partial charge in [0.2, 0.25) is 5.91 Å². The molecule has 0 aliphatic rings. The summed E-state index contributed by atoms with van der Waals surface area (Å²) in [7, 11) is 0. The van der Waals surface area contributed by atoms with Crippen molar-refractivity contribution in [1.82, 2.24) is 10.6 Å². The maximum absolute atomic E-state index is 11.9. The first kappa shape index (κ1) is 17.4. The van der Waals surface area contributed by atoms with Gasteiger partial charge in [0.15, 0.2) is 0 Å². The van der Waals surface area contributed by atoms with Gasteiger partial charge < -0.3 is 15.7 Å². The summed E-state index contributed by atoms with van der Waals surface area (Å²) in [5.41, 5.74) is -0.705. The number of carbonyl (C=O) groups excluding carboxylic acids is 1. The van der Waals surface area contributed by atoms with Gasteiger partial charge in [-0.25, -0.2) is 0 Å². The van der Waals surface area contributed by atoms with Crippen molar-refractivity contribution in [3.05, 3.63) is 0 Å². The minimum atomic E-state index is -0.705. The average Bonchev–Trinajstić information content (AvgIpc) is 2.35. The first-order chi connectivity index (χ1) is 8.38. The molecular weight excluding hydrogens is 228 g/mol.